The molecule has 0 unspecified atom stereocenters. The van der Waals surface area contributed by atoms with Gasteiger partial charge in [-0.25, -0.2) is 12.8 Å². The van der Waals surface area contributed by atoms with Crippen molar-refractivity contribution >= 4 is 15.9 Å². The molecule has 0 N–H and O–H groups in total. The molecule has 0 aromatic heterocycles. The molecule has 0 saturated carbocycles. The highest BCUT2D eigenvalue weighted by Gasteiger charge is 2.29. The first-order chi connectivity index (χ1) is 14.3. The highest BCUT2D eigenvalue weighted by atomic mass is 32.2. The van der Waals surface area contributed by atoms with Gasteiger partial charge in [-0.15, -0.1) is 6.58 Å². The van der Waals surface area contributed by atoms with Gasteiger partial charge in [0.25, 0.3) is 5.91 Å². The van der Waals surface area contributed by atoms with Crippen molar-refractivity contribution in [2.24, 2.45) is 0 Å². The van der Waals surface area contributed by atoms with E-state index in [4.69, 9.17) is 4.74 Å². The zero-order valence-corrected chi connectivity index (χ0v) is 17.7. The molecule has 1 aliphatic rings. The Morgan fingerprint density at radius 2 is 1.93 bits per heavy atom. The Bertz CT molecular complexity index is 1030. The lowest BCUT2D eigenvalue weighted by atomic mass is 10.1. The fraction of sp³-hybridized carbons (Fsp3) is 0.318. The molecular weight excluding hydrogens is 407 g/mol. The third-order valence-electron chi connectivity index (χ3n) is 4.98. The summed E-state index contributed by atoms with van der Waals surface area (Å²) in [6, 6.07) is 10.9. The third kappa shape index (κ3) is 4.77. The fourth-order valence-electron chi connectivity index (χ4n) is 3.33. The van der Waals surface area contributed by atoms with Crippen LogP contribution in [0.5, 0.6) is 0 Å². The second-order valence-corrected chi connectivity index (χ2v) is 8.97. The molecule has 1 fully saturated rings. The minimum Gasteiger partial charge on any atom is -0.379 e. The van der Waals surface area contributed by atoms with E-state index < -0.39 is 21.7 Å². The second kappa shape index (κ2) is 9.51. The monoisotopic (exact) mass is 432 g/mol. The first-order valence-corrected chi connectivity index (χ1v) is 11.1. The Labute approximate surface area is 176 Å². The Morgan fingerprint density at radius 3 is 2.60 bits per heavy atom. The predicted octanol–water partition coefficient (Wildman–Crippen LogP) is 2.98. The van der Waals surface area contributed by atoms with E-state index in [9.17, 15) is 17.6 Å². The molecule has 0 radical (unpaired) electrons. The van der Waals surface area contributed by atoms with E-state index in [2.05, 4.69) is 6.58 Å². The maximum atomic E-state index is 14.1. The lowest BCUT2D eigenvalue weighted by molar-refractivity contribution is 0.0729. The summed E-state index contributed by atoms with van der Waals surface area (Å²) in [7, 11) is -3.75. The largest absolute Gasteiger partial charge is 0.379 e. The quantitative estimate of drug-likeness (QED) is 0.631. The van der Waals surface area contributed by atoms with E-state index in [0.29, 0.717) is 24.3 Å². The summed E-state index contributed by atoms with van der Waals surface area (Å²) in [5.74, 6) is -0.796. The van der Waals surface area contributed by atoms with E-state index in [0.717, 1.165) is 0 Å². The van der Waals surface area contributed by atoms with Gasteiger partial charge in [-0.3, -0.25) is 4.79 Å². The van der Waals surface area contributed by atoms with E-state index in [-0.39, 0.29) is 36.6 Å². The number of ether oxygens (including phenoxy) is 1. The summed E-state index contributed by atoms with van der Waals surface area (Å²) in [5.41, 5.74) is 1.16. The van der Waals surface area contributed by atoms with Crippen LogP contribution in [-0.4, -0.2) is 56.4 Å². The molecule has 160 valence electrons. The van der Waals surface area contributed by atoms with E-state index in [1.807, 2.05) is 0 Å². The van der Waals surface area contributed by atoms with Crippen LogP contribution < -0.4 is 0 Å². The second-order valence-electron chi connectivity index (χ2n) is 7.06. The molecule has 6 nitrogen and oxygen atoms in total. The molecule has 2 aromatic carbocycles. The van der Waals surface area contributed by atoms with Crippen molar-refractivity contribution in [2.45, 2.75) is 18.4 Å². The number of hydrogen-bond acceptors (Lipinski definition) is 4. The van der Waals surface area contributed by atoms with E-state index >= 15 is 0 Å². The molecule has 2 aromatic rings. The van der Waals surface area contributed by atoms with Crippen molar-refractivity contribution in [1.29, 1.82) is 0 Å². The molecule has 1 amide bonds. The number of halogens is 1. The van der Waals surface area contributed by atoms with Crippen molar-refractivity contribution in [1.82, 2.24) is 9.21 Å². The first-order valence-electron chi connectivity index (χ1n) is 9.66. The Kier molecular flexibility index (Phi) is 7.02. The van der Waals surface area contributed by atoms with Crippen LogP contribution in [0, 0.1) is 12.7 Å². The molecular formula is C22H25FN2O4S. The average molecular weight is 433 g/mol. The number of hydrogen-bond donors (Lipinski definition) is 0. The topological polar surface area (TPSA) is 66.9 Å². The van der Waals surface area contributed by atoms with Crippen molar-refractivity contribution in [2.75, 3.05) is 32.8 Å². The number of nitrogens with zero attached hydrogens (tertiary/aromatic N) is 2. The molecule has 0 atom stereocenters. The number of benzene rings is 2. The van der Waals surface area contributed by atoms with Gasteiger partial charge in [0.05, 0.1) is 18.1 Å². The summed E-state index contributed by atoms with van der Waals surface area (Å²) in [5, 5.41) is 0. The van der Waals surface area contributed by atoms with Crippen LogP contribution >= 0.6 is 0 Å². The van der Waals surface area contributed by atoms with Crippen LogP contribution in [0.4, 0.5) is 4.39 Å². The van der Waals surface area contributed by atoms with Gasteiger partial charge in [-0.2, -0.15) is 4.31 Å². The summed E-state index contributed by atoms with van der Waals surface area (Å²) in [4.78, 5) is 14.7. The summed E-state index contributed by atoms with van der Waals surface area (Å²) in [6.45, 7) is 6.85. The van der Waals surface area contributed by atoms with Crippen molar-refractivity contribution < 1.29 is 22.3 Å². The van der Waals surface area contributed by atoms with Crippen LogP contribution in [0.25, 0.3) is 0 Å². The zero-order chi connectivity index (χ0) is 21.7. The van der Waals surface area contributed by atoms with Crippen LogP contribution in [-0.2, 0) is 21.3 Å². The lowest BCUT2D eigenvalue weighted by Gasteiger charge is -2.27. The molecule has 3 rings (SSSR count). The summed E-state index contributed by atoms with van der Waals surface area (Å²) in [6.07, 6.45) is 1.55. The molecule has 0 bridgehead atoms. The minimum atomic E-state index is -3.75. The van der Waals surface area contributed by atoms with Gasteiger partial charge >= 0.3 is 0 Å². The maximum Gasteiger partial charge on any atom is 0.254 e. The minimum absolute atomic E-state index is 0.0525. The Morgan fingerprint density at radius 1 is 1.23 bits per heavy atom. The zero-order valence-electron chi connectivity index (χ0n) is 16.9. The molecule has 0 aliphatic carbocycles. The molecule has 1 heterocycles. The smallest absolute Gasteiger partial charge is 0.254 e. The molecule has 1 aliphatic heterocycles. The van der Waals surface area contributed by atoms with Gasteiger partial charge in [0, 0.05) is 37.3 Å². The third-order valence-corrected chi connectivity index (χ3v) is 7.02. The summed E-state index contributed by atoms with van der Waals surface area (Å²) >= 11 is 0. The standard InChI is InChI=1S/C22H25FN2O4S/c1-3-10-24(16-19-6-4-5-7-20(19)23)22(26)18-9-8-17(2)21(15-18)30(27,28)25-11-13-29-14-12-25/h3-9,15H,1,10-14,16H2,2H3. The Hall–Kier alpha value is -2.55. The van der Waals surface area contributed by atoms with Gasteiger partial charge in [-0.1, -0.05) is 30.3 Å². The number of rotatable bonds is 7. The molecule has 1 saturated heterocycles. The lowest BCUT2D eigenvalue weighted by Crippen LogP contribution is -2.41. The number of carbonyl (C=O) groups is 1. The number of carbonyl (C=O) groups excluding carboxylic acids is 1. The van der Waals surface area contributed by atoms with Gasteiger partial charge in [0.15, 0.2) is 0 Å². The van der Waals surface area contributed by atoms with Gasteiger partial charge in [-0.05, 0) is 30.7 Å². The number of aryl methyl sites for hydroxylation is 1. The fourth-order valence-corrected chi connectivity index (χ4v) is 4.99. The van der Waals surface area contributed by atoms with Crippen LogP contribution in [0.15, 0.2) is 60.0 Å². The normalized spacial score (nSPS) is 15.0. The summed E-state index contributed by atoms with van der Waals surface area (Å²) < 4.78 is 46.9. The number of amides is 1. The SMILES string of the molecule is C=CCN(Cc1ccccc1F)C(=O)c1ccc(C)c(S(=O)(=O)N2CCOCC2)c1. The van der Waals surface area contributed by atoms with Gasteiger partial charge < -0.3 is 9.64 Å². The predicted molar refractivity (Wildman–Crippen MR) is 112 cm³/mol. The van der Waals surface area contributed by atoms with Crippen LogP contribution in [0.2, 0.25) is 0 Å². The van der Waals surface area contributed by atoms with Crippen LogP contribution in [0.1, 0.15) is 21.5 Å². The molecule has 30 heavy (non-hydrogen) atoms. The number of morpholine rings is 1. The van der Waals surface area contributed by atoms with Crippen molar-refractivity contribution in [3.63, 3.8) is 0 Å². The highest BCUT2D eigenvalue weighted by molar-refractivity contribution is 7.89. The average Bonchev–Trinajstić information content (AvgIpc) is 2.75. The molecule has 0 spiro atoms. The first kappa shape index (κ1) is 22.1. The van der Waals surface area contributed by atoms with Gasteiger partial charge in [0.1, 0.15) is 5.82 Å². The van der Waals surface area contributed by atoms with Crippen molar-refractivity contribution in [3.8, 4) is 0 Å². The van der Waals surface area contributed by atoms with E-state index in [1.54, 1.807) is 43.3 Å². The molecule has 8 heteroatoms. The Balaban J connectivity index is 1.92. The highest BCUT2D eigenvalue weighted by Crippen LogP contribution is 2.23. The van der Waals surface area contributed by atoms with Crippen LogP contribution in [0.3, 0.4) is 0 Å². The maximum absolute atomic E-state index is 14.1. The van der Waals surface area contributed by atoms with E-state index in [1.165, 1.54) is 21.3 Å². The van der Waals surface area contributed by atoms with Crippen molar-refractivity contribution in [3.05, 3.63) is 77.6 Å². The number of sulfonamides is 1. The van der Waals surface area contributed by atoms with Gasteiger partial charge in [0.2, 0.25) is 10.0 Å².